The Hall–Kier alpha value is -3.62. The number of aliphatic carboxylic acids is 1. The minimum atomic E-state index is -3.23. The van der Waals surface area contributed by atoms with Crippen molar-refractivity contribution in [3.8, 4) is 0 Å². The predicted octanol–water partition coefficient (Wildman–Crippen LogP) is 1.90. The number of alkyl halides is 2. The first-order valence-corrected chi connectivity index (χ1v) is 11.5. The minimum Gasteiger partial charge on any atom is -0.481 e. The lowest BCUT2D eigenvalue weighted by molar-refractivity contribution is -0.182. The van der Waals surface area contributed by atoms with Crippen molar-refractivity contribution in [1.29, 1.82) is 0 Å². The molecule has 0 aliphatic carbocycles. The van der Waals surface area contributed by atoms with Gasteiger partial charge in [-0.3, -0.25) is 24.1 Å². The van der Waals surface area contributed by atoms with E-state index in [9.17, 15) is 28.0 Å². The molecule has 2 heterocycles. The van der Waals surface area contributed by atoms with Crippen molar-refractivity contribution in [2.75, 3.05) is 49.1 Å². The number of ether oxygens (including phenoxy) is 1. The number of anilines is 2. The number of carboxylic acids is 1. The minimum absolute atomic E-state index is 0.0167. The van der Waals surface area contributed by atoms with E-state index in [2.05, 4.69) is 0 Å². The van der Waals surface area contributed by atoms with E-state index in [1.165, 1.54) is 4.90 Å². The van der Waals surface area contributed by atoms with Gasteiger partial charge in [-0.15, -0.1) is 0 Å². The first kappa shape index (κ1) is 28.0. The fourth-order valence-corrected chi connectivity index (χ4v) is 3.89. The molecule has 15 heteroatoms. The van der Waals surface area contributed by atoms with E-state index in [1.807, 2.05) is 5.32 Å². The van der Waals surface area contributed by atoms with E-state index >= 15 is 8.78 Å². The Bertz CT molecular complexity index is 1010. The Morgan fingerprint density at radius 3 is 2.41 bits per heavy atom. The average Bonchev–Trinajstić information content (AvgIpc) is 3.04. The van der Waals surface area contributed by atoms with Gasteiger partial charge in [0.1, 0.15) is 11.8 Å². The molecule has 37 heavy (non-hydrogen) atoms. The van der Waals surface area contributed by atoms with Crippen molar-refractivity contribution < 1.29 is 51.4 Å². The van der Waals surface area contributed by atoms with Crippen molar-refractivity contribution >= 4 is 35.3 Å². The van der Waals surface area contributed by atoms with Gasteiger partial charge in [-0.05, 0) is 12.8 Å². The third-order valence-electron chi connectivity index (χ3n) is 5.70. The first-order valence-electron chi connectivity index (χ1n) is 11.5. The summed E-state index contributed by atoms with van der Waals surface area (Å²) >= 11 is 0. The lowest BCUT2D eigenvalue weighted by Crippen LogP contribution is -2.37. The van der Waals surface area contributed by atoms with Crippen molar-refractivity contribution in [1.82, 2.24) is 10.4 Å². The van der Waals surface area contributed by atoms with E-state index < -0.39 is 48.7 Å². The van der Waals surface area contributed by atoms with E-state index in [-0.39, 0.29) is 62.9 Å². The number of carbonyl (C=O) groups excluding carboxylic acids is 3. The predicted molar refractivity (Wildman–Crippen MR) is 119 cm³/mol. The average molecular weight is 534 g/mol. The SMILES string of the molecule is O=C(O)CCCCC(=O)N1CCN(c2c(F)cc(N3C[C@H](CNC(=O)C(F)F)OC3=O)cc2F)CCO1. The van der Waals surface area contributed by atoms with Crippen LogP contribution in [0.1, 0.15) is 25.7 Å². The number of carbonyl (C=O) groups is 4. The Morgan fingerprint density at radius 1 is 1.08 bits per heavy atom. The van der Waals surface area contributed by atoms with Gasteiger partial charge in [0, 0.05) is 38.1 Å². The maximum Gasteiger partial charge on any atom is 0.414 e. The first-order chi connectivity index (χ1) is 17.6. The van der Waals surface area contributed by atoms with Crippen LogP contribution in [0.25, 0.3) is 0 Å². The number of amides is 3. The van der Waals surface area contributed by atoms with Crippen LogP contribution in [0.15, 0.2) is 12.1 Å². The molecule has 2 saturated heterocycles. The van der Waals surface area contributed by atoms with Crippen LogP contribution < -0.4 is 15.1 Å². The van der Waals surface area contributed by atoms with Gasteiger partial charge < -0.3 is 20.1 Å². The molecule has 1 aromatic carbocycles. The summed E-state index contributed by atoms with van der Waals surface area (Å²) in [5.74, 6) is -4.81. The summed E-state index contributed by atoms with van der Waals surface area (Å²) in [6, 6.07) is 1.85. The van der Waals surface area contributed by atoms with Crippen LogP contribution in [0.5, 0.6) is 0 Å². The van der Waals surface area contributed by atoms with Crippen molar-refractivity contribution in [3.05, 3.63) is 23.8 Å². The second-order valence-corrected chi connectivity index (χ2v) is 8.34. The zero-order valence-electron chi connectivity index (χ0n) is 19.6. The molecular weight excluding hydrogens is 508 g/mol. The monoisotopic (exact) mass is 534 g/mol. The number of carboxylic acid groups (broad SMARTS) is 1. The number of halogens is 4. The van der Waals surface area contributed by atoms with Gasteiger partial charge in [-0.1, -0.05) is 0 Å². The van der Waals surface area contributed by atoms with Crippen LogP contribution in [0.2, 0.25) is 0 Å². The molecule has 0 radical (unpaired) electrons. The zero-order valence-corrected chi connectivity index (χ0v) is 19.6. The smallest absolute Gasteiger partial charge is 0.414 e. The zero-order chi connectivity index (χ0) is 27.1. The maximum absolute atomic E-state index is 15.0. The van der Waals surface area contributed by atoms with Gasteiger partial charge in [-0.2, -0.15) is 8.78 Å². The van der Waals surface area contributed by atoms with Crippen LogP contribution in [-0.2, 0) is 24.0 Å². The quantitative estimate of drug-likeness (QED) is 0.344. The van der Waals surface area contributed by atoms with Gasteiger partial charge in [0.2, 0.25) is 5.91 Å². The molecule has 0 spiro atoms. The van der Waals surface area contributed by atoms with Crippen molar-refractivity contribution in [2.45, 2.75) is 38.2 Å². The molecule has 0 aromatic heterocycles. The lowest BCUT2D eigenvalue weighted by Gasteiger charge is -2.24. The highest BCUT2D eigenvalue weighted by Crippen LogP contribution is 2.31. The summed E-state index contributed by atoms with van der Waals surface area (Å²) in [5, 5.41) is 11.7. The fraction of sp³-hybridized carbons (Fsp3) is 0.545. The molecule has 0 unspecified atom stereocenters. The van der Waals surface area contributed by atoms with E-state index in [4.69, 9.17) is 14.7 Å². The van der Waals surface area contributed by atoms with Crippen LogP contribution in [0.4, 0.5) is 33.7 Å². The van der Waals surface area contributed by atoms with E-state index in [0.29, 0.717) is 12.8 Å². The molecule has 3 rings (SSSR count). The molecule has 204 valence electrons. The van der Waals surface area contributed by atoms with Gasteiger partial charge in [-0.25, -0.2) is 18.6 Å². The molecule has 2 aliphatic heterocycles. The maximum atomic E-state index is 15.0. The van der Waals surface area contributed by atoms with Gasteiger partial charge in [0.25, 0.3) is 5.91 Å². The number of rotatable bonds is 10. The fourth-order valence-electron chi connectivity index (χ4n) is 3.89. The van der Waals surface area contributed by atoms with Crippen molar-refractivity contribution in [3.63, 3.8) is 0 Å². The molecule has 1 aromatic rings. The highest BCUT2D eigenvalue weighted by atomic mass is 19.3. The Kier molecular flexibility index (Phi) is 9.49. The number of cyclic esters (lactones) is 1. The number of hydrogen-bond donors (Lipinski definition) is 2. The summed E-state index contributed by atoms with van der Waals surface area (Å²) in [5.41, 5.74) is -0.535. The van der Waals surface area contributed by atoms with Crippen LogP contribution >= 0.6 is 0 Å². The Morgan fingerprint density at radius 2 is 1.76 bits per heavy atom. The summed E-state index contributed by atoms with van der Waals surface area (Å²) in [7, 11) is 0. The Labute approximate surface area is 208 Å². The number of hydrogen-bond acceptors (Lipinski definition) is 7. The number of hydroxylamine groups is 2. The van der Waals surface area contributed by atoms with E-state index in [0.717, 1.165) is 22.1 Å². The van der Waals surface area contributed by atoms with Gasteiger partial charge in [0.15, 0.2) is 11.6 Å². The molecule has 2 fully saturated rings. The highest BCUT2D eigenvalue weighted by Gasteiger charge is 2.34. The molecule has 11 nitrogen and oxygen atoms in total. The van der Waals surface area contributed by atoms with Gasteiger partial charge in [0.05, 0.1) is 31.9 Å². The number of benzene rings is 1. The summed E-state index contributed by atoms with van der Waals surface area (Å²) in [4.78, 5) is 53.7. The topological polar surface area (TPSA) is 129 Å². The second kappa shape index (κ2) is 12.6. The highest BCUT2D eigenvalue weighted by molar-refractivity contribution is 5.90. The molecule has 2 N–H and O–H groups in total. The largest absolute Gasteiger partial charge is 0.481 e. The molecule has 0 saturated carbocycles. The molecule has 3 amide bonds. The summed E-state index contributed by atoms with van der Waals surface area (Å²) in [6.07, 6.45) is -4.47. The number of nitrogens with one attached hydrogen (secondary N) is 1. The molecule has 2 aliphatic rings. The van der Waals surface area contributed by atoms with Gasteiger partial charge >= 0.3 is 18.5 Å². The summed E-state index contributed by atoms with van der Waals surface area (Å²) in [6.45, 7) is -0.521. The van der Waals surface area contributed by atoms with Crippen LogP contribution in [0.3, 0.4) is 0 Å². The molecular formula is C22H26F4N4O7. The number of nitrogens with zero attached hydrogens (tertiary/aromatic N) is 3. The van der Waals surface area contributed by atoms with Crippen molar-refractivity contribution in [2.24, 2.45) is 0 Å². The normalized spacial score (nSPS) is 18.1. The standard InChI is InChI=1S/C22H26F4N4O7/c23-15-9-13(29-12-14(37-22(29)35)11-27-21(34)20(25)26)10-16(24)19(15)28-5-6-30(36-8-7-28)17(31)3-1-2-4-18(32)33/h9-10,14,20H,1-8,11-12H2,(H,27,34)(H,32,33)/t14-/m0/s1. The second-order valence-electron chi connectivity index (χ2n) is 8.34. The lowest BCUT2D eigenvalue weighted by atomic mass is 10.2. The Balaban J connectivity index is 1.60. The summed E-state index contributed by atoms with van der Waals surface area (Å²) < 4.78 is 59.6. The van der Waals surface area contributed by atoms with Crippen LogP contribution in [0, 0.1) is 11.6 Å². The number of unbranched alkanes of at least 4 members (excludes halogenated alkanes) is 1. The third-order valence-corrected chi connectivity index (χ3v) is 5.70. The van der Waals surface area contributed by atoms with E-state index in [1.54, 1.807) is 0 Å². The molecule has 1 atom stereocenters. The van der Waals surface area contributed by atoms with Crippen LogP contribution in [-0.4, -0.2) is 85.9 Å². The molecule has 0 bridgehead atoms. The third kappa shape index (κ3) is 7.44.